The number of amides is 2. The highest BCUT2D eigenvalue weighted by molar-refractivity contribution is 5.96. The van der Waals surface area contributed by atoms with E-state index in [0.29, 0.717) is 53.3 Å². The van der Waals surface area contributed by atoms with Gasteiger partial charge in [0.1, 0.15) is 5.82 Å². The number of hydrogen-bond donors (Lipinski definition) is 3. The highest BCUT2D eigenvalue weighted by atomic mass is 16.2. The summed E-state index contributed by atoms with van der Waals surface area (Å²) in [7, 11) is 0. The van der Waals surface area contributed by atoms with Crippen LogP contribution >= 0.6 is 0 Å². The average Bonchev–Trinajstić information content (AvgIpc) is 3.52. The van der Waals surface area contributed by atoms with Crippen molar-refractivity contribution in [2.45, 2.75) is 38.1 Å². The number of benzene rings is 2. The minimum Gasteiger partial charge on any atom is -0.349 e. The molecule has 29 heavy (non-hydrogen) atoms. The number of aromatic nitrogens is 2. The van der Waals surface area contributed by atoms with Crippen molar-refractivity contribution in [3.8, 4) is 0 Å². The summed E-state index contributed by atoms with van der Waals surface area (Å²) in [4.78, 5) is 43.4. The average molecular weight is 390 g/mol. The van der Waals surface area contributed by atoms with Gasteiger partial charge in [0.15, 0.2) is 0 Å². The first-order valence-electron chi connectivity index (χ1n) is 9.77. The molecule has 2 amide bonds. The standard InChI is InChI=1S/C22H22N4O3/c27-20(23-15-10-8-14(9-11-15)21(28)24-16-12-13-16)7-3-6-19-25-18-5-2-1-4-17(18)22(29)26-19/h1-2,4-5,8-11,16H,3,6-7,12-13H2,(H,23,27)(H,24,28)(H,25,26,29). The number of carbonyl (C=O) groups excluding carboxylic acids is 2. The summed E-state index contributed by atoms with van der Waals surface area (Å²) in [5, 5.41) is 6.32. The molecule has 1 fully saturated rings. The van der Waals surface area contributed by atoms with Gasteiger partial charge in [-0.25, -0.2) is 4.98 Å². The predicted molar refractivity (Wildman–Crippen MR) is 111 cm³/mol. The SMILES string of the molecule is O=C(CCCc1nc2ccccc2c(=O)[nH]1)Nc1ccc(C(=O)NC2CC2)cc1. The molecule has 0 unspecified atom stereocenters. The Kier molecular flexibility index (Phi) is 5.37. The lowest BCUT2D eigenvalue weighted by Gasteiger charge is -2.07. The molecular formula is C22H22N4O3. The van der Waals surface area contributed by atoms with Gasteiger partial charge in [-0.2, -0.15) is 0 Å². The molecule has 0 aliphatic heterocycles. The highest BCUT2D eigenvalue weighted by Crippen LogP contribution is 2.19. The monoisotopic (exact) mass is 390 g/mol. The second-order valence-electron chi connectivity index (χ2n) is 7.26. The zero-order valence-electron chi connectivity index (χ0n) is 15.9. The first kappa shape index (κ1) is 18.9. The molecule has 3 N–H and O–H groups in total. The Morgan fingerprint density at radius 1 is 1.07 bits per heavy atom. The van der Waals surface area contributed by atoms with E-state index in [-0.39, 0.29) is 17.4 Å². The van der Waals surface area contributed by atoms with Gasteiger partial charge in [0, 0.05) is 30.1 Å². The number of hydrogen-bond acceptors (Lipinski definition) is 4. The summed E-state index contributed by atoms with van der Waals surface area (Å²) in [6.45, 7) is 0. The molecule has 0 bridgehead atoms. The third-order valence-electron chi connectivity index (χ3n) is 4.82. The Labute approximate surface area is 167 Å². The second-order valence-corrected chi connectivity index (χ2v) is 7.26. The van der Waals surface area contributed by atoms with E-state index < -0.39 is 0 Å². The largest absolute Gasteiger partial charge is 0.349 e. The fourth-order valence-electron chi connectivity index (χ4n) is 3.09. The van der Waals surface area contributed by atoms with E-state index in [0.717, 1.165) is 12.8 Å². The van der Waals surface area contributed by atoms with E-state index in [4.69, 9.17) is 0 Å². The van der Waals surface area contributed by atoms with Crippen molar-refractivity contribution in [1.82, 2.24) is 15.3 Å². The molecule has 3 aromatic rings. The van der Waals surface area contributed by atoms with E-state index in [1.165, 1.54) is 0 Å². The van der Waals surface area contributed by atoms with E-state index in [1.54, 1.807) is 42.5 Å². The Hall–Kier alpha value is -3.48. The first-order chi connectivity index (χ1) is 14.1. The van der Waals surface area contributed by atoms with E-state index in [9.17, 15) is 14.4 Å². The van der Waals surface area contributed by atoms with Crippen molar-refractivity contribution in [3.05, 3.63) is 70.3 Å². The lowest BCUT2D eigenvalue weighted by molar-refractivity contribution is -0.116. The zero-order chi connectivity index (χ0) is 20.2. The van der Waals surface area contributed by atoms with Gasteiger partial charge < -0.3 is 15.6 Å². The quantitative estimate of drug-likeness (QED) is 0.577. The summed E-state index contributed by atoms with van der Waals surface area (Å²) in [6.07, 6.45) is 3.47. The molecule has 148 valence electrons. The number of aryl methyl sites for hydroxylation is 1. The van der Waals surface area contributed by atoms with Crippen molar-refractivity contribution in [1.29, 1.82) is 0 Å². The molecular weight excluding hydrogens is 368 g/mol. The Bertz CT molecular complexity index is 1100. The van der Waals surface area contributed by atoms with Crippen molar-refractivity contribution in [3.63, 3.8) is 0 Å². The number of nitrogens with one attached hydrogen (secondary N) is 3. The number of para-hydroxylation sites is 1. The predicted octanol–water partition coefficient (Wildman–Crippen LogP) is 2.78. The van der Waals surface area contributed by atoms with Crippen LogP contribution in [0.2, 0.25) is 0 Å². The molecule has 4 rings (SSSR count). The van der Waals surface area contributed by atoms with Crippen LogP contribution in [0.1, 0.15) is 41.9 Å². The van der Waals surface area contributed by atoms with Crippen LogP contribution in [0.3, 0.4) is 0 Å². The first-order valence-corrected chi connectivity index (χ1v) is 9.77. The number of H-pyrrole nitrogens is 1. The fraction of sp³-hybridized carbons (Fsp3) is 0.273. The van der Waals surface area contributed by atoms with E-state index in [1.807, 2.05) is 6.07 Å². The van der Waals surface area contributed by atoms with Crippen molar-refractivity contribution < 1.29 is 9.59 Å². The van der Waals surface area contributed by atoms with Gasteiger partial charge >= 0.3 is 0 Å². The molecule has 7 nitrogen and oxygen atoms in total. The zero-order valence-corrected chi connectivity index (χ0v) is 15.9. The summed E-state index contributed by atoms with van der Waals surface area (Å²) in [5.74, 6) is 0.373. The minimum absolute atomic E-state index is 0.0812. The number of fused-ring (bicyclic) bond motifs is 1. The number of rotatable bonds is 7. The normalized spacial score (nSPS) is 13.2. The molecule has 0 radical (unpaired) electrons. The Morgan fingerprint density at radius 3 is 2.59 bits per heavy atom. The molecule has 0 atom stereocenters. The van der Waals surface area contributed by atoms with Crippen LogP contribution in [0, 0.1) is 0 Å². The highest BCUT2D eigenvalue weighted by Gasteiger charge is 2.23. The minimum atomic E-state index is -0.166. The van der Waals surface area contributed by atoms with Crippen LogP contribution in [-0.4, -0.2) is 27.8 Å². The maximum atomic E-state index is 12.2. The number of anilines is 1. The van der Waals surface area contributed by atoms with Crippen LogP contribution < -0.4 is 16.2 Å². The molecule has 7 heteroatoms. The van der Waals surface area contributed by atoms with Crippen molar-refractivity contribution >= 4 is 28.4 Å². The molecule has 2 aromatic carbocycles. The van der Waals surface area contributed by atoms with Gasteiger partial charge in [0.25, 0.3) is 11.5 Å². The van der Waals surface area contributed by atoms with Gasteiger partial charge in [0.2, 0.25) is 5.91 Å². The van der Waals surface area contributed by atoms with Crippen LogP contribution in [-0.2, 0) is 11.2 Å². The Balaban J connectivity index is 1.28. The molecule has 0 saturated heterocycles. The van der Waals surface area contributed by atoms with Crippen molar-refractivity contribution in [2.75, 3.05) is 5.32 Å². The molecule has 0 spiro atoms. The third kappa shape index (κ3) is 4.87. The fourth-order valence-corrected chi connectivity index (χ4v) is 3.09. The summed E-state index contributed by atoms with van der Waals surface area (Å²) >= 11 is 0. The smallest absolute Gasteiger partial charge is 0.258 e. The second kappa shape index (κ2) is 8.26. The van der Waals surface area contributed by atoms with Gasteiger partial charge in [-0.1, -0.05) is 12.1 Å². The molecule has 1 heterocycles. The van der Waals surface area contributed by atoms with E-state index in [2.05, 4.69) is 20.6 Å². The molecule has 1 aliphatic rings. The third-order valence-corrected chi connectivity index (χ3v) is 4.82. The van der Waals surface area contributed by atoms with Gasteiger partial charge in [0.05, 0.1) is 10.9 Å². The van der Waals surface area contributed by atoms with Crippen molar-refractivity contribution in [2.24, 2.45) is 0 Å². The topological polar surface area (TPSA) is 104 Å². The molecule has 1 aliphatic carbocycles. The molecule has 1 aromatic heterocycles. The summed E-state index contributed by atoms with van der Waals surface area (Å²) in [5.41, 5.74) is 1.72. The van der Waals surface area contributed by atoms with Gasteiger partial charge in [-0.3, -0.25) is 14.4 Å². The summed E-state index contributed by atoms with van der Waals surface area (Å²) < 4.78 is 0. The van der Waals surface area contributed by atoms with Crippen LogP contribution in [0.15, 0.2) is 53.3 Å². The number of nitrogens with zero attached hydrogens (tertiary/aromatic N) is 1. The van der Waals surface area contributed by atoms with Gasteiger partial charge in [-0.15, -0.1) is 0 Å². The molecule has 1 saturated carbocycles. The lowest BCUT2D eigenvalue weighted by Crippen LogP contribution is -2.25. The maximum Gasteiger partial charge on any atom is 0.258 e. The van der Waals surface area contributed by atoms with Crippen LogP contribution in [0.5, 0.6) is 0 Å². The Morgan fingerprint density at radius 2 is 1.83 bits per heavy atom. The number of carbonyl (C=O) groups is 2. The maximum absolute atomic E-state index is 12.2. The van der Waals surface area contributed by atoms with Crippen LogP contribution in [0.25, 0.3) is 10.9 Å². The summed E-state index contributed by atoms with van der Waals surface area (Å²) in [6, 6.07) is 14.4. The van der Waals surface area contributed by atoms with Gasteiger partial charge in [-0.05, 0) is 55.7 Å². The number of aromatic amines is 1. The van der Waals surface area contributed by atoms with E-state index >= 15 is 0 Å². The lowest BCUT2D eigenvalue weighted by atomic mass is 10.1. The van der Waals surface area contributed by atoms with Crippen LogP contribution in [0.4, 0.5) is 5.69 Å².